The van der Waals surface area contributed by atoms with Crippen LogP contribution in [0.15, 0.2) is 54.7 Å². The first-order valence-electron chi connectivity index (χ1n) is 10.2. The van der Waals surface area contributed by atoms with Crippen molar-refractivity contribution in [2.75, 3.05) is 13.7 Å². The van der Waals surface area contributed by atoms with Crippen molar-refractivity contribution in [2.24, 2.45) is 5.92 Å². The number of carbonyl (C=O) groups excluding carboxylic acids is 1. The first-order valence-corrected chi connectivity index (χ1v) is 10.6. The normalized spacial score (nSPS) is 13.0. The van der Waals surface area contributed by atoms with Crippen molar-refractivity contribution in [1.82, 2.24) is 4.98 Å². The lowest BCUT2D eigenvalue weighted by atomic mass is 10.1. The van der Waals surface area contributed by atoms with Crippen molar-refractivity contribution in [3.63, 3.8) is 0 Å². The molecule has 0 unspecified atom stereocenters. The highest BCUT2D eigenvalue weighted by molar-refractivity contribution is 6.31. The molecule has 0 amide bonds. The summed E-state index contributed by atoms with van der Waals surface area (Å²) in [7, 11) is 1.37. The van der Waals surface area contributed by atoms with Gasteiger partial charge in [0.2, 0.25) is 5.88 Å². The standard InChI is InChI=1S/C25H24ClNO4/c1-16-9-18(5-7-23(16)25(28)29-2)15-30-22-11-20(10-21(26)12-22)19-6-8-24(27-13-19)31-14-17-3-4-17/h5-13,17H,3-4,14-15H2,1-2H3. The van der Waals surface area contributed by atoms with Crippen LogP contribution in [0.5, 0.6) is 11.6 Å². The van der Waals surface area contributed by atoms with E-state index >= 15 is 0 Å². The van der Waals surface area contributed by atoms with E-state index in [1.54, 1.807) is 18.3 Å². The van der Waals surface area contributed by atoms with E-state index < -0.39 is 0 Å². The number of esters is 1. The molecule has 31 heavy (non-hydrogen) atoms. The quantitative estimate of drug-likeness (QED) is 0.413. The second-order valence-corrected chi connectivity index (χ2v) is 8.18. The minimum atomic E-state index is -0.345. The Morgan fingerprint density at radius 1 is 1.06 bits per heavy atom. The molecule has 160 valence electrons. The van der Waals surface area contributed by atoms with Crippen LogP contribution in [0.25, 0.3) is 11.1 Å². The van der Waals surface area contributed by atoms with E-state index in [0.29, 0.717) is 34.7 Å². The summed E-state index contributed by atoms with van der Waals surface area (Å²) in [4.78, 5) is 16.1. The molecule has 1 aliphatic carbocycles. The van der Waals surface area contributed by atoms with Gasteiger partial charge in [0, 0.05) is 22.8 Å². The van der Waals surface area contributed by atoms with E-state index in [-0.39, 0.29) is 5.97 Å². The number of aromatic nitrogens is 1. The van der Waals surface area contributed by atoms with Crippen LogP contribution in [0.2, 0.25) is 5.02 Å². The molecule has 0 spiro atoms. The Morgan fingerprint density at radius 3 is 2.58 bits per heavy atom. The van der Waals surface area contributed by atoms with Crippen molar-refractivity contribution in [1.29, 1.82) is 0 Å². The van der Waals surface area contributed by atoms with Crippen LogP contribution >= 0.6 is 11.6 Å². The number of methoxy groups -OCH3 is 1. The van der Waals surface area contributed by atoms with E-state index in [1.807, 2.05) is 43.3 Å². The third-order valence-electron chi connectivity index (χ3n) is 5.21. The molecule has 0 bridgehead atoms. The van der Waals surface area contributed by atoms with Gasteiger partial charge < -0.3 is 14.2 Å². The Kier molecular flexibility index (Phi) is 6.42. The summed E-state index contributed by atoms with van der Waals surface area (Å²) in [6.07, 6.45) is 4.28. The van der Waals surface area contributed by atoms with Crippen LogP contribution in [0.1, 0.15) is 34.3 Å². The molecule has 0 aliphatic heterocycles. The highest BCUT2D eigenvalue weighted by Gasteiger charge is 2.22. The molecule has 1 heterocycles. The van der Waals surface area contributed by atoms with Crippen LogP contribution < -0.4 is 9.47 Å². The van der Waals surface area contributed by atoms with Gasteiger partial charge in [0.1, 0.15) is 12.4 Å². The summed E-state index contributed by atoms with van der Waals surface area (Å²) >= 11 is 6.32. The van der Waals surface area contributed by atoms with Crippen LogP contribution in [-0.4, -0.2) is 24.7 Å². The van der Waals surface area contributed by atoms with Gasteiger partial charge in [0.05, 0.1) is 19.3 Å². The van der Waals surface area contributed by atoms with Gasteiger partial charge in [-0.05, 0) is 72.7 Å². The third-order valence-corrected chi connectivity index (χ3v) is 5.42. The SMILES string of the molecule is COC(=O)c1ccc(COc2cc(Cl)cc(-c3ccc(OCC4CC4)nc3)c2)cc1C. The Labute approximate surface area is 186 Å². The van der Waals surface area contributed by atoms with Crippen molar-refractivity contribution in [3.05, 3.63) is 76.4 Å². The molecule has 5 nitrogen and oxygen atoms in total. The summed E-state index contributed by atoms with van der Waals surface area (Å²) in [6, 6.07) is 15.0. The third kappa shape index (κ3) is 5.56. The van der Waals surface area contributed by atoms with E-state index in [1.165, 1.54) is 20.0 Å². The predicted octanol–water partition coefficient (Wildman–Crippen LogP) is 5.86. The number of hydrogen-bond acceptors (Lipinski definition) is 5. The molecule has 1 aromatic heterocycles. The molecule has 4 rings (SSSR count). The van der Waals surface area contributed by atoms with Gasteiger partial charge in [-0.3, -0.25) is 0 Å². The minimum absolute atomic E-state index is 0.345. The fourth-order valence-corrected chi connectivity index (χ4v) is 3.48. The van der Waals surface area contributed by atoms with Gasteiger partial charge in [-0.25, -0.2) is 9.78 Å². The average Bonchev–Trinajstić information content (AvgIpc) is 3.60. The smallest absolute Gasteiger partial charge is 0.338 e. The van der Waals surface area contributed by atoms with Gasteiger partial charge in [-0.1, -0.05) is 23.7 Å². The van der Waals surface area contributed by atoms with Gasteiger partial charge in [-0.15, -0.1) is 0 Å². The highest BCUT2D eigenvalue weighted by atomic mass is 35.5. The number of rotatable bonds is 8. The zero-order valence-electron chi connectivity index (χ0n) is 17.6. The van der Waals surface area contributed by atoms with Gasteiger partial charge in [0.15, 0.2) is 0 Å². The number of aryl methyl sites for hydroxylation is 1. The maximum absolute atomic E-state index is 11.7. The van der Waals surface area contributed by atoms with E-state index in [4.69, 9.17) is 25.8 Å². The number of pyridine rings is 1. The summed E-state index contributed by atoms with van der Waals surface area (Å²) < 4.78 is 16.5. The Morgan fingerprint density at radius 2 is 1.90 bits per heavy atom. The van der Waals surface area contributed by atoms with Crippen molar-refractivity contribution in [2.45, 2.75) is 26.4 Å². The number of hydrogen-bond donors (Lipinski definition) is 0. The maximum Gasteiger partial charge on any atom is 0.338 e. The molecule has 1 aliphatic rings. The second kappa shape index (κ2) is 9.40. The lowest BCUT2D eigenvalue weighted by molar-refractivity contribution is 0.0600. The Balaban J connectivity index is 1.44. The lowest BCUT2D eigenvalue weighted by Gasteiger charge is -2.11. The summed E-state index contributed by atoms with van der Waals surface area (Å²) in [5, 5.41) is 0.582. The molecule has 0 N–H and O–H groups in total. The molecule has 2 aromatic carbocycles. The van der Waals surface area contributed by atoms with E-state index in [2.05, 4.69) is 4.98 Å². The molecule has 3 aromatic rings. The zero-order chi connectivity index (χ0) is 21.8. The van der Waals surface area contributed by atoms with Crippen LogP contribution in [0, 0.1) is 12.8 Å². The van der Waals surface area contributed by atoms with E-state index in [9.17, 15) is 4.79 Å². The minimum Gasteiger partial charge on any atom is -0.489 e. The number of carbonyl (C=O) groups is 1. The topological polar surface area (TPSA) is 57.7 Å². The maximum atomic E-state index is 11.7. The Bertz CT molecular complexity index is 1080. The average molecular weight is 438 g/mol. The van der Waals surface area contributed by atoms with E-state index in [0.717, 1.165) is 28.9 Å². The van der Waals surface area contributed by atoms with Gasteiger partial charge in [-0.2, -0.15) is 0 Å². The summed E-state index contributed by atoms with van der Waals surface area (Å²) in [5.74, 6) is 1.64. The largest absolute Gasteiger partial charge is 0.489 e. The number of halogens is 1. The lowest BCUT2D eigenvalue weighted by Crippen LogP contribution is -2.05. The van der Waals surface area contributed by atoms with Crippen molar-refractivity contribution in [3.8, 4) is 22.8 Å². The first-order chi connectivity index (χ1) is 15.0. The second-order valence-electron chi connectivity index (χ2n) is 7.74. The molecule has 1 fully saturated rings. The first kappa shape index (κ1) is 21.2. The molecule has 6 heteroatoms. The Hall–Kier alpha value is -3.05. The van der Waals surface area contributed by atoms with Crippen molar-refractivity contribution >= 4 is 17.6 Å². The molecule has 0 atom stereocenters. The fourth-order valence-electron chi connectivity index (χ4n) is 3.26. The summed E-state index contributed by atoms with van der Waals surface area (Å²) in [6.45, 7) is 2.97. The van der Waals surface area contributed by atoms with Gasteiger partial charge in [0.25, 0.3) is 0 Å². The van der Waals surface area contributed by atoms with Crippen LogP contribution in [0.4, 0.5) is 0 Å². The zero-order valence-corrected chi connectivity index (χ0v) is 18.3. The monoisotopic (exact) mass is 437 g/mol. The highest BCUT2D eigenvalue weighted by Crippen LogP contribution is 2.31. The fraction of sp³-hybridized carbons (Fsp3) is 0.280. The molecule has 0 radical (unpaired) electrons. The number of benzene rings is 2. The van der Waals surface area contributed by atoms with Crippen LogP contribution in [-0.2, 0) is 11.3 Å². The molecular weight excluding hydrogens is 414 g/mol. The van der Waals surface area contributed by atoms with Crippen LogP contribution in [0.3, 0.4) is 0 Å². The summed E-state index contributed by atoms with van der Waals surface area (Å²) in [5.41, 5.74) is 4.19. The molecule has 0 saturated heterocycles. The predicted molar refractivity (Wildman–Crippen MR) is 120 cm³/mol. The van der Waals surface area contributed by atoms with Crippen molar-refractivity contribution < 1.29 is 19.0 Å². The van der Waals surface area contributed by atoms with Gasteiger partial charge >= 0.3 is 5.97 Å². The number of ether oxygens (including phenoxy) is 3. The molecule has 1 saturated carbocycles. The molecular formula is C25H24ClNO4. The number of nitrogens with zero attached hydrogens (tertiary/aromatic N) is 1.